The second-order valence-electron chi connectivity index (χ2n) is 6.32. The van der Waals surface area contributed by atoms with E-state index in [0.717, 1.165) is 25.8 Å². The minimum atomic E-state index is -0.244. The number of nitrogens with zero attached hydrogens (tertiary/aromatic N) is 1. The van der Waals surface area contributed by atoms with Crippen LogP contribution in [-0.2, 0) is 4.79 Å². The number of likely N-dealkylation sites (N-methyl/N-ethyl adjacent to an activating group) is 1. The highest BCUT2D eigenvalue weighted by Gasteiger charge is 2.28. The van der Waals surface area contributed by atoms with Crippen molar-refractivity contribution in [2.75, 3.05) is 13.6 Å². The van der Waals surface area contributed by atoms with Crippen molar-refractivity contribution in [3.63, 3.8) is 0 Å². The fourth-order valence-corrected chi connectivity index (χ4v) is 2.42. The van der Waals surface area contributed by atoms with Gasteiger partial charge in [0.05, 0.1) is 6.10 Å². The molecule has 1 saturated carbocycles. The summed E-state index contributed by atoms with van der Waals surface area (Å²) in [7, 11) is 2.02. The first-order valence-electron chi connectivity index (χ1n) is 6.74. The molecule has 0 radical (unpaired) electrons. The van der Waals surface area contributed by atoms with E-state index in [2.05, 4.69) is 4.90 Å². The summed E-state index contributed by atoms with van der Waals surface area (Å²) in [6.45, 7) is 6.65. The minimum Gasteiger partial charge on any atom is -0.391 e. The number of aliphatic hydroxyl groups excluding tert-OH is 1. The van der Waals surface area contributed by atoms with Gasteiger partial charge < -0.3 is 10.0 Å². The molecule has 0 aromatic carbocycles. The molecule has 100 valence electrons. The van der Waals surface area contributed by atoms with Gasteiger partial charge in [-0.1, -0.05) is 33.6 Å². The Morgan fingerprint density at radius 3 is 2.41 bits per heavy atom. The molecule has 1 aliphatic carbocycles. The van der Waals surface area contributed by atoms with Gasteiger partial charge >= 0.3 is 0 Å². The van der Waals surface area contributed by atoms with Crippen LogP contribution in [-0.4, -0.2) is 41.5 Å². The summed E-state index contributed by atoms with van der Waals surface area (Å²) in [6.07, 6.45) is 4.66. The molecule has 0 heterocycles. The Hall–Kier alpha value is -0.410. The topological polar surface area (TPSA) is 40.5 Å². The Morgan fingerprint density at radius 1 is 1.29 bits per heavy atom. The van der Waals surface area contributed by atoms with E-state index in [1.54, 1.807) is 0 Å². The van der Waals surface area contributed by atoms with E-state index in [0.29, 0.717) is 12.2 Å². The van der Waals surface area contributed by atoms with Crippen molar-refractivity contribution in [2.45, 2.75) is 65.0 Å². The third-order valence-electron chi connectivity index (χ3n) is 3.79. The van der Waals surface area contributed by atoms with Crippen molar-refractivity contribution in [1.29, 1.82) is 0 Å². The summed E-state index contributed by atoms with van der Waals surface area (Å²) in [5.74, 6) is 0.301. The van der Waals surface area contributed by atoms with Crippen LogP contribution in [0.1, 0.15) is 52.9 Å². The number of carbonyl (C=O) groups excluding carboxylic acids is 1. The normalized spacial score (nSPS) is 26.2. The highest BCUT2D eigenvalue weighted by molar-refractivity contribution is 5.83. The Bertz CT molecular complexity index is 257. The van der Waals surface area contributed by atoms with Gasteiger partial charge in [0.2, 0.25) is 0 Å². The predicted octanol–water partition coefficient (Wildman–Crippen LogP) is 2.23. The molecular formula is C14H27NO2. The molecule has 1 rings (SSSR count). The van der Waals surface area contributed by atoms with Gasteiger partial charge in [-0.2, -0.15) is 0 Å². The quantitative estimate of drug-likeness (QED) is 0.820. The molecular weight excluding hydrogens is 214 g/mol. The van der Waals surface area contributed by atoms with Crippen molar-refractivity contribution in [3.05, 3.63) is 0 Å². The van der Waals surface area contributed by atoms with Gasteiger partial charge in [-0.25, -0.2) is 0 Å². The molecule has 0 aliphatic heterocycles. The zero-order valence-corrected chi connectivity index (χ0v) is 11.7. The number of carbonyl (C=O) groups is 1. The molecule has 0 saturated heterocycles. The lowest BCUT2D eigenvalue weighted by molar-refractivity contribution is -0.126. The molecule has 0 aromatic rings. The zero-order chi connectivity index (χ0) is 13.1. The number of ketones is 1. The van der Waals surface area contributed by atoms with E-state index in [9.17, 15) is 9.90 Å². The Morgan fingerprint density at radius 2 is 1.88 bits per heavy atom. The van der Waals surface area contributed by atoms with Crippen molar-refractivity contribution in [2.24, 2.45) is 5.41 Å². The van der Waals surface area contributed by atoms with Gasteiger partial charge in [0, 0.05) is 24.4 Å². The van der Waals surface area contributed by atoms with E-state index < -0.39 is 0 Å². The highest BCUT2D eigenvalue weighted by atomic mass is 16.3. The summed E-state index contributed by atoms with van der Waals surface area (Å²) in [5, 5.41) is 9.94. The molecule has 0 bridgehead atoms. The maximum atomic E-state index is 11.8. The molecule has 3 heteroatoms. The molecule has 1 N–H and O–H groups in total. The van der Waals surface area contributed by atoms with Crippen LogP contribution < -0.4 is 0 Å². The lowest BCUT2D eigenvalue weighted by Gasteiger charge is -2.35. The van der Waals surface area contributed by atoms with Crippen molar-refractivity contribution in [3.8, 4) is 0 Å². The van der Waals surface area contributed by atoms with Crippen LogP contribution in [0.3, 0.4) is 0 Å². The van der Waals surface area contributed by atoms with Crippen LogP contribution in [0.15, 0.2) is 0 Å². The van der Waals surface area contributed by atoms with Crippen molar-refractivity contribution >= 4 is 5.78 Å². The average Bonchev–Trinajstić information content (AvgIpc) is 2.24. The van der Waals surface area contributed by atoms with Crippen LogP contribution in [0, 0.1) is 5.41 Å². The zero-order valence-electron chi connectivity index (χ0n) is 11.7. The highest BCUT2D eigenvalue weighted by Crippen LogP contribution is 2.23. The van der Waals surface area contributed by atoms with Gasteiger partial charge in [-0.3, -0.25) is 4.79 Å². The summed E-state index contributed by atoms with van der Waals surface area (Å²) in [5.41, 5.74) is -0.244. The van der Waals surface area contributed by atoms with Crippen LogP contribution in [0.4, 0.5) is 0 Å². The lowest BCUT2D eigenvalue weighted by Crippen LogP contribution is -2.44. The van der Waals surface area contributed by atoms with E-state index >= 15 is 0 Å². The third kappa shape index (κ3) is 4.40. The van der Waals surface area contributed by atoms with Crippen LogP contribution in [0.5, 0.6) is 0 Å². The van der Waals surface area contributed by atoms with Crippen LogP contribution in [0.25, 0.3) is 0 Å². The third-order valence-corrected chi connectivity index (χ3v) is 3.79. The predicted molar refractivity (Wildman–Crippen MR) is 70.0 cm³/mol. The monoisotopic (exact) mass is 241 g/mol. The first kappa shape index (κ1) is 14.7. The largest absolute Gasteiger partial charge is 0.391 e. The molecule has 17 heavy (non-hydrogen) atoms. The van der Waals surface area contributed by atoms with Crippen LogP contribution >= 0.6 is 0 Å². The fraction of sp³-hybridized carbons (Fsp3) is 0.929. The van der Waals surface area contributed by atoms with Crippen LogP contribution in [0.2, 0.25) is 0 Å². The second kappa shape index (κ2) is 5.96. The maximum absolute atomic E-state index is 11.8. The molecule has 1 fully saturated rings. The number of aliphatic hydroxyl groups is 1. The summed E-state index contributed by atoms with van der Waals surface area (Å²) in [4.78, 5) is 14.0. The summed E-state index contributed by atoms with van der Waals surface area (Å²) in [6, 6.07) is 0.247. The summed E-state index contributed by atoms with van der Waals surface area (Å²) >= 11 is 0. The maximum Gasteiger partial charge on any atom is 0.139 e. The molecule has 2 atom stereocenters. The molecule has 3 nitrogen and oxygen atoms in total. The van der Waals surface area contributed by atoms with Gasteiger partial charge in [0.15, 0.2) is 0 Å². The number of hydrogen-bond acceptors (Lipinski definition) is 3. The number of Topliss-reactive ketones (excluding diaryl/α,β-unsaturated/α-hetero) is 1. The Kier molecular flexibility index (Phi) is 5.14. The van der Waals surface area contributed by atoms with Gasteiger partial charge in [-0.05, 0) is 19.9 Å². The summed E-state index contributed by atoms with van der Waals surface area (Å²) < 4.78 is 0. The first-order chi connectivity index (χ1) is 7.82. The SMILES string of the molecule is CN(CCC(=O)C(C)(C)C)C1CCCCC1O. The van der Waals surface area contributed by atoms with Crippen molar-refractivity contribution in [1.82, 2.24) is 4.90 Å². The lowest BCUT2D eigenvalue weighted by atomic mass is 9.88. The molecule has 2 unspecified atom stereocenters. The Labute approximate surface area is 105 Å². The molecule has 1 aliphatic rings. The molecule has 0 spiro atoms. The van der Waals surface area contributed by atoms with Gasteiger partial charge in [0.25, 0.3) is 0 Å². The first-order valence-corrected chi connectivity index (χ1v) is 6.74. The van der Waals surface area contributed by atoms with Gasteiger partial charge in [0.1, 0.15) is 5.78 Å². The van der Waals surface area contributed by atoms with E-state index in [1.807, 2.05) is 27.8 Å². The van der Waals surface area contributed by atoms with E-state index in [1.165, 1.54) is 6.42 Å². The van der Waals surface area contributed by atoms with Gasteiger partial charge in [-0.15, -0.1) is 0 Å². The number of hydrogen-bond donors (Lipinski definition) is 1. The van der Waals surface area contributed by atoms with E-state index in [-0.39, 0.29) is 17.6 Å². The standard InChI is InChI=1S/C14H27NO2/c1-14(2,3)13(17)9-10-15(4)11-7-5-6-8-12(11)16/h11-12,16H,5-10H2,1-4H3. The second-order valence-corrected chi connectivity index (χ2v) is 6.32. The average molecular weight is 241 g/mol. The fourth-order valence-electron chi connectivity index (χ4n) is 2.42. The Balaban J connectivity index is 2.38. The molecule has 0 aromatic heterocycles. The minimum absolute atomic E-state index is 0.210. The van der Waals surface area contributed by atoms with E-state index in [4.69, 9.17) is 0 Å². The number of rotatable bonds is 4. The smallest absolute Gasteiger partial charge is 0.139 e. The van der Waals surface area contributed by atoms with Crippen molar-refractivity contribution < 1.29 is 9.90 Å². The molecule has 0 amide bonds.